The summed E-state index contributed by atoms with van der Waals surface area (Å²) in [7, 11) is 1.50. The summed E-state index contributed by atoms with van der Waals surface area (Å²) in [6, 6.07) is 14.7. The van der Waals surface area contributed by atoms with Gasteiger partial charge in [-0.15, -0.1) is 0 Å². The molecule has 0 aliphatic carbocycles. The van der Waals surface area contributed by atoms with Crippen LogP contribution in [0.1, 0.15) is 16.7 Å². The number of benzene rings is 2. The summed E-state index contributed by atoms with van der Waals surface area (Å²) in [4.78, 5) is 22.5. The number of carboxylic acids is 1. The first-order valence-electron chi connectivity index (χ1n) is 8.08. The Labute approximate surface area is 152 Å². The molecule has 0 spiro atoms. The quantitative estimate of drug-likeness (QED) is 0.759. The third-order valence-corrected chi connectivity index (χ3v) is 3.54. The average molecular weight is 355 g/mol. The van der Waals surface area contributed by atoms with Crippen molar-refractivity contribution in [3.8, 4) is 5.75 Å². The minimum Gasteiger partial charge on any atom is -0.496 e. The number of aliphatic carboxylic acids is 1. The van der Waals surface area contributed by atoms with Crippen LogP contribution in [0, 0.1) is 0 Å². The monoisotopic (exact) mass is 355 g/mol. The van der Waals surface area contributed by atoms with Crippen LogP contribution in [0.4, 0.5) is 4.79 Å². The molecule has 0 aromatic heterocycles. The van der Waals surface area contributed by atoms with Gasteiger partial charge in [0.2, 0.25) is 0 Å². The molecule has 0 saturated carbocycles. The topological polar surface area (TPSA) is 84.9 Å². The van der Waals surface area contributed by atoms with E-state index >= 15 is 0 Å². The normalized spacial score (nSPS) is 10.5. The van der Waals surface area contributed by atoms with Crippen LogP contribution in [0.5, 0.6) is 5.75 Å². The maximum absolute atomic E-state index is 11.6. The second-order valence-corrected chi connectivity index (χ2v) is 5.49. The van der Waals surface area contributed by atoms with Crippen molar-refractivity contribution in [3.05, 3.63) is 71.3 Å². The maximum Gasteiger partial charge on any atom is 0.407 e. The minimum atomic E-state index is -0.912. The van der Waals surface area contributed by atoms with Gasteiger partial charge in [-0.25, -0.2) is 4.79 Å². The molecule has 0 atom stereocenters. The number of hydrogen-bond acceptors (Lipinski definition) is 4. The van der Waals surface area contributed by atoms with Crippen LogP contribution in [-0.4, -0.2) is 30.8 Å². The van der Waals surface area contributed by atoms with Crippen LogP contribution < -0.4 is 10.1 Å². The minimum absolute atomic E-state index is 0.0953. The molecule has 0 radical (unpaired) electrons. The van der Waals surface area contributed by atoms with Crippen molar-refractivity contribution in [3.63, 3.8) is 0 Å². The second-order valence-electron chi connectivity index (χ2n) is 5.49. The highest BCUT2D eigenvalue weighted by Gasteiger charge is 2.07. The SMILES string of the molecule is COc1cc(C=CCNC(=O)OCc2ccccc2)ccc1CC(=O)O. The molecule has 0 aliphatic rings. The van der Waals surface area contributed by atoms with Crippen molar-refractivity contribution < 1.29 is 24.2 Å². The van der Waals surface area contributed by atoms with E-state index in [0.717, 1.165) is 11.1 Å². The van der Waals surface area contributed by atoms with Gasteiger partial charge in [-0.3, -0.25) is 4.79 Å². The molecule has 0 heterocycles. The first kappa shape index (κ1) is 19.1. The number of hydrogen-bond donors (Lipinski definition) is 2. The fraction of sp³-hybridized carbons (Fsp3) is 0.200. The molecule has 0 fully saturated rings. The molecular formula is C20H21NO5. The lowest BCUT2D eigenvalue weighted by molar-refractivity contribution is -0.136. The van der Waals surface area contributed by atoms with Crippen LogP contribution in [0.25, 0.3) is 6.08 Å². The van der Waals surface area contributed by atoms with E-state index in [4.69, 9.17) is 14.6 Å². The van der Waals surface area contributed by atoms with Gasteiger partial charge < -0.3 is 19.9 Å². The maximum atomic E-state index is 11.6. The van der Waals surface area contributed by atoms with E-state index in [1.54, 1.807) is 24.3 Å². The van der Waals surface area contributed by atoms with Gasteiger partial charge in [-0.05, 0) is 17.2 Å². The first-order chi connectivity index (χ1) is 12.6. The molecule has 0 aliphatic heterocycles. The highest BCUT2D eigenvalue weighted by atomic mass is 16.5. The Kier molecular flexibility index (Phi) is 7.24. The molecule has 2 N–H and O–H groups in total. The average Bonchev–Trinajstić information content (AvgIpc) is 2.65. The number of nitrogens with one attached hydrogen (secondary N) is 1. The second kappa shape index (κ2) is 9.88. The molecule has 26 heavy (non-hydrogen) atoms. The third kappa shape index (κ3) is 6.32. The molecule has 6 heteroatoms. The molecular weight excluding hydrogens is 334 g/mol. The van der Waals surface area contributed by atoms with E-state index < -0.39 is 12.1 Å². The van der Waals surface area contributed by atoms with Gasteiger partial charge in [-0.2, -0.15) is 0 Å². The predicted octanol–water partition coefficient (Wildman–Crippen LogP) is 3.26. The van der Waals surface area contributed by atoms with E-state index in [1.165, 1.54) is 7.11 Å². The number of carbonyl (C=O) groups is 2. The zero-order valence-electron chi connectivity index (χ0n) is 14.5. The molecule has 6 nitrogen and oxygen atoms in total. The Balaban J connectivity index is 1.80. The van der Waals surface area contributed by atoms with Crippen molar-refractivity contribution in [2.75, 3.05) is 13.7 Å². The van der Waals surface area contributed by atoms with Gasteiger partial charge in [0, 0.05) is 12.1 Å². The van der Waals surface area contributed by atoms with E-state index in [-0.39, 0.29) is 13.0 Å². The molecule has 2 aromatic rings. The Morgan fingerprint density at radius 3 is 2.62 bits per heavy atom. The lowest BCUT2D eigenvalue weighted by atomic mass is 10.1. The molecule has 0 bridgehead atoms. The zero-order chi connectivity index (χ0) is 18.8. The number of carboxylic acid groups (broad SMARTS) is 1. The molecule has 2 rings (SSSR count). The fourth-order valence-corrected chi connectivity index (χ4v) is 2.29. The van der Waals surface area contributed by atoms with Gasteiger partial charge in [0.25, 0.3) is 0 Å². The van der Waals surface area contributed by atoms with Gasteiger partial charge in [-0.1, -0.05) is 54.6 Å². The lowest BCUT2D eigenvalue weighted by Crippen LogP contribution is -2.24. The summed E-state index contributed by atoms with van der Waals surface area (Å²) in [6.45, 7) is 0.533. The summed E-state index contributed by atoms with van der Waals surface area (Å²) in [5, 5.41) is 11.5. The first-order valence-corrected chi connectivity index (χ1v) is 8.08. The largest absolute Gasteiger partial charge is 0.496 e. The molecule has 2 aromatic carbocycles. The molecule has 0 saturated heterocycles. The third-order valence-electron chi connectivity index (χ3n) is 3.54. The van der Waals surface area contributed by atoms with E-state index in [1.807, 2.05) is 36.4 Å². The van der Waals surface area contributed by atoms with E-state index in [2.05, 4.69) is 5.32 Å². The molecule has 136 valence electrons. The Bertz CT molecular complexity index is 771. The zero-order valence-corrected chi connectivity index (χ0v) is 14.5. The number of amides is 1. The lowest BCUT2D eigenvalue weighted by Gasteiger charge is -2.07. The van der Waals surface area contributed by atoms with Crippen LogP contribution >= 0.6 is 0 Å². The number of alkyl carbamates (subject to hydrolysis) is 1. The Morgan fingerprint density at radius 1 is 1.15 bits per heavy atom. The Morgan fingerprint density at radius 2 is 1.92 bits per heavy atom. The Hall–Kier alpha value is -3.28. The van der Waals surface area contributed by atoms with Gasteiger partial charge in [0.15, 0.2) is 0 Å². The summed E-state index contributed by atoms with van der Waals surface area (Å²) in [5.41, 5.74) is 2.38. The van der Waals surface area contributed by atoms with Crippen LogP contribution in [-0.2, 0) is 22.6 Å². The van der Waals surface area contributed by atoms with Crippen LogP contribution in [0.3, 0.4) is 0 Å². The molecule has 1 amide bonds. The summed E-state index contributed by atoms with van der Waals surface area (Å²) in [6.07, 6.45) is 3.00. The summed E-state index contributed by atoms with van der Waals surface area (Å²) in [5.74, 6) is -0.394. The van der Waals surface area contributed by atoms with Crippen molar-refractivity contribution in [2.24, 2.45) is 0 Å². The summed E-state index contributed by atoms with van der Waals surface area (Å²) < 4.78 is 10.3. The van der Waals surface area contributed by atoms with Gasteiger partial charge in [0.05, 0.1) is 13.5 Å². The summed E-state index contributed by atoms with van der Waals surface area (Å²) >= 11 is 0. The van der Waals surface area contributed by atoms with E-state index in [0.29, 0.717) is 17.9 Å². The van der Waals surface area contributed by atoms with Crippen LogP contribution in [0.15, 0.2) is 54.6 Å². The standard InChI is InChI=1S/C20H21NO5/c1-25-18-12-15(9-10-17(18)13-19(22)23)8-5-11-21-20(24)26-14-16-6-3-2-4-7-16/h2-10,12H,11,13-14H2,1H3,(H,21,24)(H,22,23). The fourth-order valence-electron chi connectivity index (χ4n) is 2.29. The predicted molar refractivity (Wildman–Crippen MR) is 98.0 cm³/mol. The van der Waals surface area contributed by atoms with Crippen molar-refractivity contribution in [1.82, 2.24) is 5.32 Å². The highest BCUT2D eigenvalue weighted by molar-refractivity contribution is 5.72. The smallest absolute Gasteiger partial charge is 0.407 e. The van der Waals surface area contributed by atoms with Crippen molar-refractivity contribution in [2.45, 2.75) is 13.0 Å². The number of rotatable bonds is 8. The molecule has 0 unspecified atom stereocenters. The van der Waals surface area contributed by atoms with E-state index in [9.17, 15) is 9.59 Å². The number of carbonyl (C=O) groups excluding carboxylic acids is 1. The van der Waals surface area contributed by atoms with Gasteiger partial charge >= 0.3 is 12.1 Å². The van der Waals surface area contributed by atoms with Crippen molar-refractivity contribution in [1.29, 1.82) is 0 Å². The van der Waals surface area contributed by atoms with Crippen LogP contribution in [0.2, 0.25) is 0 Å². The highest BCUT2D eigenvalue weighted by Crippen LogP contribution is 2.21. The van der Waals surface area contributed by atoms with Crippen molar-refractivity contribution >= 4 is 18.1 Å². The number of methoxy groups -OCH3 is 1. The number of ether oxygens (including phenoxy) is 2. The van der Waals surface area contributed by atoms with Gasteiger partial charge in [0.1, 0.15) is 12.4 Å².